The lowest BCUT2D eigenvalue weighted by Gasteiger charge is -2.36. The van der Waals surface area contributed by atoms with Gasteiger partial charge < -0.3 is 10.0 Å². The molecule has 22 heavy (non-hydrogen) atoms. The van der Waals surface area contributed by atoms with Gasteiger partial charge >= 0.3 is 0 Å². The van der Waals surface area contributed by atoms with Gasteiger partial charge in [-0.15, -0.1) is 0 Å². The summed E-state index contributed by atoms with van der Waals surface area (Å²) in [7, 11) is 0. The Morgan fingerprint density at radius 3 is 2.18 bits per heavy atom. The van der Waals surface area contributed by atoms with Gasteiger partial charge in [0.2, 0.25) is 0 Å². The highest BCUT2D eigenvalue weighted by molar-refractivity contribution is 7.99. The predicted molar refractivity (Wildman–Crippen MR) is 96.4 cm³/mol. The van der Waals surface area contributed by atoms with Gasteiger partial charge in [0.25, 0.3) is 0 Å². The lowest BCUT2D eigenvalue weighted by Crippen LogP contribution is -2.47. The average molecular weight is 323 g/mol. The topological polar surface area (TPSA) is 26.7 Å². The van der Waals surface area contributed by atoms with E-state index in [2.05, 4.69) is 65.7 Å². The number of hydrogen-bond donors (Lipinski definition) is 1. The van der Waals surface area contributed by atoms with Crippen LogP contribution in [0.1, 0.15) is 25.8 Å². The summed E-state index contributed by atoms with van der Waals surface area (Å²) in [4.78, 5) is 4.92. The van der Waals surface area contributed by atoms with Gasteiger partial charge in [0.15, 0.2) is 0 Å². The minimum atomic E-state index is 0.281. The van der Waals surface area contributed by atoms with E-state index in [1.165, 1.54) is 18.5 Å². The lowest BCUT2D eigenvalue weighted by atomic mass is 10.1. The van der Waals surface area contributed by atoms with E-state index in [4.69, 9.17) is 5.11 Å². The average Bonchev–Trinajstić information content (AvgIpc) is 2.54. The Labute approximate surface area is 139 Å². The number of nitrogens with zero attached hydrogens (tertiary/aromatic N) is 2. The van der Waals surface area contributed by atoms with E-state index < -0.39 is 0 Å². The molecule has 0 unspecified atom stereocenters. The van der Waals surface area contributed by atoms with Crippen molar-refractivity contribution >= 4 is 11.8 Å². The Kier molecular flexibility index (Phi) is 7.22. The SMILES string of the molecule is CC(C)(CCN1CCN(CCO)CC1)SCc1ccccc1. The standard InChI is InChI=1S/C18H30N2OS/c1-18(2,22-16-17-6-4-3-5-7-17)8-9-19-10-12-20(13-11-19)14-15-21/h3-7,21H,8-16H2,1-2H3. The molecule has 3 nitrogen and oxygen atoms in total. The molecule has 4 heteroatoms. The number of piperazine rings is 1. The first-order valence-corrected chi connectivity index (χ1v) is 9.31. The smallest absolute Gasteiger partial charge is 0.0558 e. The highest BCUT2D eigenvalue weighted by Gasteiger charge is 2.22. The highest BCUT2D eigenvalue weighted by atomic mass is 32.2. The second-order valence-electron chi connectivity index (χ2n) is 6.69. The molecule has 124 valence electrons. The zero-order valence-corrected chi connectivity index (χ0v) is 14.8. The molecule has 1 aliphatic rings. The van der Waals surface area contributed by atoms with Crippen LogP contribution in [0.15, 0.2) is 30.3 Å². The molecular formula is C18H30N2OS. The molecule has 1 aromatic carbocycles. The number of benzene rings is 1. The molecule has 0 atom stereocenters. The fraction of sp³-hybridized carbons (Fsp3) is 0.667. The zero-order chi connectivity index (χ0) is 15.8. The monoisotopic (exact) mass is 322 g/mol. The van der Waals surface area contributed by atoms with E-state index in [1.807, 2.05) is 0 Å². The normalized spacial score (nSPS) is 17.8. The Hall–Kier alpha value is -0.550. The van der Waals surface area contributed by atoms with Crippen molar-refractivity contribution in [2.45, 2.75) is 30.8 Å². The van der Waals surface area contributed by atoms with Gasteiger partial charge in [0.1, 0.15) is 0 Å². The number of aliphatic hydroxyl groups is 1. The highest BCUT2D eigenvalue weighted by Crippen LogP contribution is 2.31. The molecule has 0 radical (unpaired) electrons. The van der Waals surface area contributed by atoms with Crippen LogP contribution < -0.4 is 0 Å². The van der Waals surface area contributed by atoms with E-state index >= 15 is 0 Å². The maximum absolute atomic E-state index is 8.99. The Morgan fingerprint density at radius 1 is 1.00 bits per heavy atom. The first-order valence-electron chi connectivity index (χ1n) is 8.32. The van der Waals surface area contributed by atoms with Crippen LogP contribution >= 0.6 is 11.8 Å². The van der Waals surface area contributed by atoms with Crippen molar-refractivity contribution in [3.63, 3.8) is 0 Å². The number of rotatable bonds is 8. The van der Waals surface area contributed by atoms with E-state index in [0.29, 0.717) is 4.75 Å². The third-order valence-corrected chi connectivity index (χ3v) is 5.85. The van der Waals surface area contributed by atoms with Crippen LogP contribution in [0.25, 0.3) is 0 Å². The van der Waals surface area contributed by atoms with E-state index in [0.717, 1.165) is 38.5 Å². The quantitative estimate of drug-likeness (QED) is 0.796. The molecule has 2 rings (SSSR count). The van der Waals surface area contributed by atoms with Crippen molar-refractivity contribution in [1.82, 2.24) is 9.80 Å². The molecule has 0 bridgehead atoms. The van der Waals surface area contributed by atoms with Crippen LogP contribution in [-0.2, 0) is 5.75 Å². The number of hydrogen-bond acceptors (Lipinski definition) is 4. The summed E-state index contributed by atoms with van der Waals surface area (Å²) in [6.45, 7) is 11.5. The summed E-state index contributed by atoms with van der Waals surface area (Å²) < 4.78 is 0.318. The number of thioether (sulfide) groups is 1. The van der Waals surface area contributed by atoms with Crippen molar-refractivity contribution in [2.75, 3.05) is 45.9 Å². The Bertz CT molecular complexity index is 416. The molecule has 1 N–H and O–H groups in total. The molecular weight excluding hydrogens is 292 g/mol. The Balaban J connectivity index is 1.67. The van der Waals surface area contributed by atoms with E-state index in [1.54, 1.807) is 0 Å². The maximum atomic E-state index is 8.99. The van der Waals surface area contributed by atoms with Gasteiger partial charge in [0.05, 0.1) is 6.61 Å². The maximum Gasteiger partial charge on any atom is 0.0558 e. The van der Waals surface area contributed by atoms with Gasteiger partial charge in [-0.25, -0.2) is 0 Å². The first kappa shape index (κ1) is 17.8. The molecule has 1 fully saturated rings. The van der Waals surface area contributed by atoms with Crippen LogP contribution in [0, 0.1) is 0 Å². The summed E-state index contributed by atoms with van der Waals surface area (Å²) in [6, 6.07) is 10.7. The van der Waals surface area contributed by atoms with Crippen molar-refractivity contribution in [3.8, 4) is 0 Å². The number of aliphatic hydroxyl groups excluding tert-OH is 1. The molecule has 0 spiro atoms. The summed E-state index contributed by atoms with van der Waals surface area (Å²) in [5.41, 5.74) is 1.41. The van der Waals surface area contributed by atoms with Crippen molar-refractivity contribution in [2.24, 2.45) is 0 Å². The first-order chi connectivity index (χ1) is 10.6. The largest absolute Gasteiger partial charge is 0.395 e. The van der Waals surface area contributed by atoms with Crippen LogP contribution in [0.4, 0.5) is 0 Å². The fourth-order valence-electron chi connectivity index (χ4n) is 2.73. The molecule has 1 saturated heterocycles. The van der Waals surface area contributed by atoms with Gasteiger partial charge in [-0.2, -0.15) is 11.8 Å². The van der Waals surface area contributed by atoms with Crippen molar-refractivity contribution < 1.29 is 5.11 Å². The summed E-state index contributed by atoms with van der Waals surface area (Å²) >= 11 is 2.06. The molecule has 1 heterocycles. The third-order valence-electron chi connectivity index (χ3n) is 4.38. The molecule has 0 aliphatic carbocycles. The van der Waals surface area contributed by atoms with Gasteiger partial charge in [-0.1, -0.05) is 44.2 Å². The second kappa shape index (κ2) is 8.92. The predicted octanol–water partition coefficient (Wildman–Crippen LogP) is 2.70. The van der Waals surface area contributed by atoms with Crippen LogP contribution in [0.2, 0.25) is 0 Å². The van der Waals surface area contributed by atoms with Crippen molar-refractivity contribution in [3.05, 3.63) is 35.9 Å². The zero-order valence-electron chi connectivity index (χ0n) is 14.0. The lowest BCUT2D eigenvalue weighted by molar-refractivity contribution is 0.110. The van der Waals surface area contributed by atoms with Gasteiger partial charge in [-0.3, -0.25) is 4.90 Å². The third kappa shape index (κ3) is 6.29. The number of β-amino-alcohol motifs (C(OH)–C–C–N with tert-alkyl or cyclic N) is 1. The van der Waals surface area contributed by atoms with Crippen LogP contribution in [-0.4, -0.2) is 65.5 Å². The van der Waals surface area contributed by atoms with E-state index in [-0.39, 0.29) is 6.61 Å². The van der Waals surface area contributed by atoms with Crippen molar-refractivity contribution in [1.29, 1.82) is 0 Å². The summed E-state index contributed by atoms with van der Waals surface area (Å²) in [5.74, 6) is 1.10. The molecule has 0 saturated carbocycles. The molecule has 0 amide bonds. The minimum absolute atomic E-state index is 0.281. The van der Waals surface area contributed by atoms with E-state index in [9.17, 15) is 0 Å². The van der Waals surface area contributed by atoms with Gasteiger partial charge in [-0.05, 0) is 18.5 Å². The summed E-state index contributed by atoms with van der Waals surface area (Å²) in [5, 5.41) is 8.99. The minimum Gasteiger partial charge on any atom is -0.395 e. The molecule has 0 aromatic heterocycles. The molecule has 1 aromatic rings. The fourth-order valence-corrected chi connectivity index (χ4v) is 3.72. The Morgan fingerprint density at radius 2 is 1.59 bits per heavy atom. The van der Waals surface area contributed by atoms with Crippen LogP contribution in [0.5, 0.6) is 0 Å². The molecule has 1 aliphatic heterocycles. The summed E-state index contributed by atoms with van der Waals surface area (Å²) in [6.07, 6.45) is 1.23. The van der Waals surface area contributed by atoms with Crippen LogP contribution in [0.3, 0.4) is 0 Å². The van der Waals surface area contributed by atoms with Gasteiger partial charge in [0, 0.05) is 43.2 Å². The second-order valence-corrected chi connectivity index (χ2v) is 8.37.